The quantitative estimate of drug-likeness (QED) is 0.610. The largest absolute Gasteiger partial charge is 0.358 e. The van der Waals surface area contributed by atoms with Crippen molar-refractivity contribution in [2.24, 2.45) is 0 Å². The molecule has 1 heterocycles. The second-order valence-electron chi connectivity index (χ2n) is 2.82. The van der Waals surface area contributed by atoms with Gasteiger partial charge >= 0.3 is 0 Å². The van der Waals surface area contributed by atoms with Crippen molar-refractivity contribution in [1.29, 1.82) is 0 Å². The van der Waals surface area contributed by atoms with Gasteiger partial charge in [-0.05, 0) is 32.4 Å². The zero-order chi connectivity index (χ0) is 8.10. The van der Waals surface area contributed by atoms with Crippen molar-refractivity contribution in [2.45, 2.75) is 12.8 Å². The number of amides is 1. The molecule has 1 rings (SSSR count). The molecule has 1 aliphatic heterocycles. The highest BCUT2D eigenvalue weighted by Crippen LogP contribution is 2.06. The van der Waals surface area contributed by atoms with E-state index in [4.69, 9.17) is 0 Å². The summed E-state index contributed by atoms with van der Waals surface area (Å²) in [7, 11) is 1.68. The van der Waals surface area contributed by atoms with Crippen LogP contribution in [-0.2, 0) is 4.79 Å². The lowest BCUT2D eigenvalue weighted by molar-refractivity contribution is -0.121. The Hall–Kier alpha value is -0.570. The van der Waals surface area contributed by atoms with Crippen molar-refractivity contribution < 1.29 is 4.79 Å². The first-order valence-corrected chi connectivity index (χ1v) is 4.07. The van der Waals surface area contributed by atoms with Gasteiger partial charge in [-0.25, -0.2) is 0 Å². The molecule has 11 heavy (non-hydrogen) atoms. The number of likely N-dealkylation sites (tertiary alicyclic amines) is 1. The summed E-state index contributed by atoms with van der Waals surface area (Å²) in [4.78, 5) is 13.1. The summed E-state index contributed by atoms with van der Waals surface area (Å²) < 4.78 is 0. The zero-order valence-corrected chi connectivity index (χ0v) is 6.97. The first kappa shape index (κ1) is 8.53. The van der Waals surface area contributed by atoms with Gasteiger partial charge in [0.15, 0.2) is 0 Å². The highest BCUT2D eigenvalue weighted by atomic mass is 16.1. The normalized spacial score (nSPS) is 19.7. The highest BCUT2D eigenvalue weighted by Gasteiger charge is 2.12. The topological polar surface area (TPSA) is 32.3 Å². The first-order valence-electron chi connectivity index (χ1n) is 4.07. The molecule has 0 aliphatic carbocycles. The molecular formula is C8H15N2O. The predicted octanol–water partition coefficient (Wildman–Crippen LogP) is 0.0325. The Bertz CT molecular complexity index is 130. The molecule has 1 aliphatic rings. The van der Waals surface area contributed by atoms with E-state index in [1.54, 1.807) is 7.05 Å². The molecule has 0 atom stereocenters. The average Bonchev–Trinajstić information content (AvgIpc) is 2.06. The van der Waals surface area contributed by atoms with E-state index in [1.807, 2.05) is 0 Å². The van der Waals surface area contributed by atoms with Gasteiger partial charge in [0, 0.05) is 7.05 Å². The average molecular weight is 155 g/mol. The van der Waals surface area contributed by atoms with Crippen LogP contribution in [0.2, 0.25) is 0 Å². The Labute approximate surface area is 67.8 Å². The summed E-state index contributed by atoms with van der Waals surface area (Å²) in [6.45, 7) is 2.63. The maximum absolute atomic E-state index is 10.9. The third-order valence-electron chi connectivity index (χ3n) is 1.94. The van der Waals surface area contributed by atoms with Crippen LogP contribution in [0.1, 0.15) is 12.8 Å². The number of hydrogen-bond donors (Lipinski definition) is 1. The lowest BCUT2D eigenvalue weighted by Crippen LogP contribution is -2.38. The van der Waals surface area contributed by atoms with Crippen LogP contribution in [0.3, 0.4) is 0 Å². The van der Waals surface area contributed by atoms with E-state index in [-0.39, 0.29) is 5.91 Å². The van der Waals surface area contributed by atoms with E-state index >= 15 is 0 Å². The predicted molar refractivity (Wildman–Crippen MR) is 44.0 cm³/mol. The fraction of sp³-hybridized carbons (Fsp3) is 0.750. The second kappa shape index (κ2) is 4.34. The van der Waals surface area contributed by atoms with Gasteiger partial charge in [-0.15, -0.1) is 0 Å². The van der Waals surface area contributed by atoms with Gasteiger partial charge in [0.1, 0.15) is 0 Å². The Morgan fingerprint density at radius 3 is 2.73 bits per heavy atom. The number of hydrogen-bond acceptors (Lipinski definition) is 2. The van der Waals surface area contributed by atoms with Crippen molar-refractivity contribution in [3.05, 3.63) is 6.42 Å². The summed E-state index contributed by atoms with van der Waals surface area (Å²) >= 11 is 0. The van der Waals surface area contributed by atoms with E-state index in [0.717, 1.165) is 25.9 Å². The smallest absolute Gasteiger partial charge is 0.233 e. The lowest BCUT2D eigenvalue weighted by Gasteiger charge is -2.24. The highest BCUT2D eigenvalue weighted by molar-refractivity contribution is 5.77. The molecule has 1 amide bonds. The molecule has 1 radical (unpaired) electrons. The fourth-order valence-corrected chi connectivity index (χ4v) is 1.24. The first-order chi connectivity index (χ1) is 5.33. The molecule has 1 saturated heterocycles. The number of piperidine rings is 1. The molecule has 0 aromatic rings. The van der Waals surface area contributed by atoms with Crippen LogP contribution >= 0.6 is 0 Å². The number of rotatable bonds is 2. The molecule has 63 valence electrons. The van der Waals surface area contributed by atoms with Gasteiger partial charge < -0.3 is 5.32 Å². The van der Waals surface area contributed by atoms with E-state index < -0.39 is 0 Å². The fourth-order valence-electron chi connectivity index (χ4n) is 1.24. The minimum atomic E-state index is 0.118. The van der Waals surface area contributed by atoms with E-state index in [1.165, 1.54) is 0 Å². The summed E-state index contributed by atoms with van der Waals surface area (Å²) in [5.41, 5.74) is 0. The zero-order valence-electron chi connectivity index (χ0n) is 6.97. The molecule has 0 unspecified atom stereocenters. The Morgan fingerprint density at radius 1 is 1.55 bits per heavy atom. The van der Waals surface area contributed by atoms with Crippen LogP contribution in [0, 0.1) is 6.42 Å². The van der Waals surface area contributed by atoms with Gasteiger partial charge in [0.2, 0.25) is 5.91 Å². The number of likely N-dealkylation sites (N-methyl/N-ethyl adjacent to an activating group) is 1. The van der Waals surface area contributed by atoms with Crippen LogP contribution in [0.5, 0.6) is 0 Å². The van der Waals surface area contributed by atoms with Crippen molar-refractivity contribution in [3.63, 3.8) is 0 Å². The molecule has 0 spiro atoms. The number of nitrogens with zero attached hydrogens (tertiary/aromatic N) is 1. The van der Waals surface area contributed by atoms with E-state index in [2.05, 4.69) is 16.6 Å². The monoisotopic (exact) mass is 155 g/mol. The molecule has 0 aromatic carbocycles. The summed E-state index contributed by atoms with van der Waals surface area (Å²) in [6, 6.07) is 0. The standard InChI is InChI=1S/C8H15N2O/c1-9-8(11)7-10-5-3-2-4-6-10/h2H,3-7H2,1H3,(H,9,11). The summed E-state index contributed by atoms with van der Waals surface area (Å²) in [5, 5.41) is 2.62. The molecule has 0 bridgehead atoms. The van der Waals surface area contributed by atoms with Gasteiger partial charge in [-0.1, -0.05) is 0 Å². The molecule has 3 nitrogen and oxygen atoms in total. The molecular weight excluding hydrogens is 140 g/mol. The number of carbonyl (C=O) groups excluding carboxylic acids is 1. The summed E-state index contributed by atoms with van der Waals surface area (Å²) in [5.74, 6) is 0.118. The van der Waals surface area contributed by atoms with Gasteiger partial charge in [0.25, 0.3) is 0 Å². The Morgan fingerprint density at radius 2 is 2.18 bits per heavy atom. The second-order valence-corrected chi connectivity index (χ2v) is 2.82. The van der Waals surface area contributed by atoms with Crippen molar-refractivity contribution in [2.75, 3.05) is 26.7 Å². The number of nitrogens with one attached hydrogen (secondary N) is 1. The van der Waals surface area contributed by atoms with E-state index in [0.29, 0.717) is 6.54 Å². The van der Waals surface area contributed by atoms with Gasteiger partial charge in [0.05, 0.1) is 6.54 Å². The van der Waals surface area contributed by atoms with Crippen molar-refractivity contribution in [1.82, 2.24) is 10.2 Å². The van der Waals surface area contributed by atoms with Crippen LogP contribution in [0.25, 0.3) is 0 Å². The van der Waals surface area contributed by atoms with Crippen LogP contribution in [0.15, 0.2) is 0 Å². The molecule has 1 N–H and O–H groups in total. The van der Waals surface area contributed by atoms with Crippen LogP contribution in [-0.4, -0.2) is 37.5 Å². The minimum Gasteiger partial charge on any atom is -0.358 e. The third-order valence-corrected chi connectivity index (χ3v) is 1.94. The lowest BCUT2D eigenvalue weighted by atomic mass is 10.1. The summed E-state index contributed by atoms with van der Waals surface area (Å²) in [6.07, 6.45) is 4.52. The maximum Gasteiger partial charge on any atom is 0.233 e. The van der Waals surface area contributed by atoms with E-state index in [9.17, 15) is 4.79 Å². The van der Waals surface area contributed by atoms with Crippen LogP contribution < -0.4 is 5.32 Å². The Kier molecular flexibility index (Phi) is 3.36. The molecule has 1 fully saturated rings. The molecule has 3 heteroatoms. The Balaban J connectivity index is 2.19. The molecule has 0 saturated carbocycles. The van der Waals surface area contributed by atoms with Gasteiger partial charge in [-0.3, -0.25) is 9.69 Å². The van der Waals surface area contributed by atoms with Crippen molar-refractivity contribution >= 4 is 5.91 Å². The van der Waals surface area contributed by atoms with Crippen molar-refractivity contribution in [3.8, 4) is 0 Å². The number of carbonyl (C=O) groups is 1. The maximum atomic E-state index is 10.9. The van der Waals surface area contributed by atoms with Crippen LogP contribution in [0.4, 0.5) is 0 Å². The third kappa shape index (κ3) is 2.89. The SMILES string of the molecule is CNC(=O)CN1CC[CH]CC1. The van der Waals surface area contributed by atoms with Gasteiger partial charge in [-0.2, -0.15) is 0 Å². The minimum absolute atomic E-state index is 0.118. The molecule has 0 aromatic heterocycles.